The van der Waals surface area contributed by atoms with E-state index in [2.05, 4.69) is 5.32 Å². The molecule has 1 saturated heterocycles. The van der Waals surface area contributed by atoms with E-state index >= 15 is 0 Å². The number of carboxylic acid groups (broad SMARTS) is 1. The second-order valence-corrected chi connectivity index (χ2v) is 4.83. The van der Waals surface area contributed by atoms with Crippen molar-refractivity contribution < 1.29 is 24.2 Å². The molecule has 0 saturated carbocycles. The topological polar surface area (TPSA) is 84.9 Å². The lowest BCUT2D eigenvalue weighted by molar-refractivity contribution is -0.143. The Hall–Kier alpha value is -2.08. The average Bonchev–Trinajstić information content (AvgIpc) is 2.67. The van der Waals surface area contributed by atoms with Gasteiger partial charge >= 0.3 is 5.97 Å². The monoisotopic (exact) mass is 263 g/mol. The Morgan fingerprint density at radius 1 is 1.47 bits per heavy atom. The predicted molar refractivity (Wildman–Crippen MR) is 64.7 cm³/mol. The summed E-state index contributed by atoms with van der Waals surface area (Å²) in [6, 6.07) is 4.97. The fourth-order valence-corrected chi connectivity index (χ4v) is 2.30. The highest BCUT2D eigenvalue weighted by atomic mass is 16.5. The molecule has 0 amide bonds. The van der Waals surface area contributed by atoms with E-state index in [4.69, 9.17) is 14.6 Å². The number of nitrogens with one attached hydrogen (secondary N) is 1. The molecule has 0 aliphatic carbocycles. The van der Waals surface area contributed by atoms with Crippen LogP contribution in [0.5, 0.6) is 11.5 Å². The first-order chi connectivity index (χ1) is 9.08. The van der Waals surface area contributed by atoms with Crippen molar-refractivity contribution in [2.45, 2.75) is 12.0 Å². The van der Waals surface area contributed by atoms with Crippen LogP contribution in [-0.4, -0.2) is 42.2 Å². The number of hydrogen-bond donors (Lipinski definition) is 2. The van der Waals surface area contributed by atoms with Crippen LogP contribution in [-0.2, 0) is 4.79 Å². The normalized spacial score (nSPS) is 19.3. The smallest absolute Gasteiger partial charge is 0.307 e. The van der Waals surface area contributed by atoms with E-state index in [0.717, 1.165) is 0 Å². The van der Waals surface area contributed by atoms with Crippen molar-refractivity contribution in [3.63, 3.8) is 0 Å². The molecule has 0 radical (unpaired) electrons. The molecule has 0 aromatic heterocycles. The van der Waals surface area contributed by atoms with E-state index in [1.807, 2.05) is 0 Å². The highest BCUT2D eigenvalue weighted by molar-refractivity contribution is 6.02. The minimum Gasteiger partial charge on any atom is -0.485 e. The van der Waals surface area contributed by atoms with Gasteiger partial charge < -0.3 is 19.9 Å². The van der Waals surface area contributed by atoms with E-state index in [0.29, 0.717) is 30.2 Å². The molecule has 6 heteroatoms. The first-order valence-corrected chi connectivity index (χ1v) is 6.00. The molecule has 0 atom stereocenters. The summed E-state index contributed by atoms with van der Waals surface area (Å²) in [5.41, 5.74) is -0.158. The molecule has 2 aliphatic rings. The number of fused-ring (bicyclic) bond motifs is 1. The molecule has 0 unspecified atom stereocenters. The van der Waals surface area contributed by atoms with Crippen LogP contribution >= 0.6 is 0 Å². The molecule has 100 valence electrons. The van der Waals surface area contributed by atoms with Gasteiger partial charge in [0.15, 0.2) is 6.61 Å². The number of hydrogen-bond acceptors (Lipinski definition) is 5. The van der Waals surface area contributed by atoms with E-state index < -0.39 is 11.6 Å². The number of Topliss-reactive ketones (excluding diaryl/α,β-unsaturated/α-hetero) is 1. The zero-order valence-electron chi connectivity index (χ0n) is 10.1. The van der Waals surface area contributed by atoms with Crippen LogP contribution in [0.2, 0.25) is 0 Å². The lowest BCUT2D eigenvalue weighted by Crippen LogP contribution is -2.64. The van der Waals surface area contributed by atoms with Gasteiger partial charge in [0.25, 0.3) is 0 Å². The highest BCUT2D eigenvalue weighted by Gasteiger charge is 2.41. The molecule has 19 heavy (non-hydrogen) atoms. The van der Waals surface area contributed by atoms with E-state index in [1.165, 1.54) is 0 Å². The minimum absolute atomic E-state index is 0.0490. The van der Waals surface area contributed by atoms with Gasteiger partial charge in [-0.15, -0.1) is 0 Å². The van der Waals surface area contributed by atoms with Crippen LogP contribution in [0.3, 0.4) is 0 Å². The molecule has 3 rings (SSSR count). The molecular weight excluding hydrogens is 250 g/mol. The Labute approximate surface area is 109 Å². The van der Waals surface area contributed by atoms with E-state index in [-0.39, 0.29) is 18.8 Å². The molecule has 2 N–H and O–H groups in total. The Kier molecular flexibility index (Phi) is 2.67. The number of benzene rings is 1. The van der Waals surface area contributed by atoms with Crippen molar-refractivity contribution in [2.75, 3.05) is 19.7 Å². The number of aliphatic carboxylic acids is 1. The number of ketones is 1. The number of carbonyl (C=O) groups is 2. The van der Waals surface area contributed by atoms with Crippen LogP contribution in [0.25, 0.3) is 0 Å². The second kappa shape index (κ2) is 4.24. The first kappa shape index (κ1) is 12.0. The maximum absolute atomic E-state index is 11.4. The quantitative estimate of drug-likeness (QED) is 0.820. The third kappa shape index (κ3) is 2.15. The molecule has 2 heterocycles. The van der Waals surface area contributed by atoms with Gasteiger partial charge in [-0.25, -0.2) is 0 Å². The zero-order valence-corrected chi connectivity index (χ0v) is 10.1. The summed E-state index contributed by atoms with van der Waals surface area (Å²) in [7, 11) is 0. The highest BCUT2D eigenvalue weighted by Crippen LogP contribution is 2.32. The molecule has 0 spiro atoms. The SMILES string of the molecule is O=C(O)CC1(Oc2ccc3c(c2)OCC3=O)CNC1. The van der Waals surface area contributed by atoms with Crippen molar-refractivity contribution in [2.24, 2.45) is 0 Å². The van der Waals surface area contributed by atoms with Crippen molar-refractivity contribution in [1.29, 1.82) is 0 Å². The Balaban J connectivity index is 1.80. The fraction of sp³-hybridized carbons (Fsp3) is 0.385. The third-order valence-corrected chi connectivity index (χ3v) is 3.31. The molecule has 1 aromatic rings. The maximum Gasteiger partial charge on any atom is 0.307 e. The molecule has 1 aromatic carbocycles. The molecule has 1 fully saturated rings. The zero-order chi connectivity index (χ0) is 13.5. The fourth-order valence-electron chi connectivity index (χ4n) is 2.30. The number of carboxylic acids is 1. The predicted octanol–water partition coefficient (Wildman–Crippen LogP) is 0.457. The van der Waals surface area contributed by atoms with E-state index in [9.17, 15) is 9.59 Å². The van der Waals surface area contributed by atoms with Gasteiger partial charge in [-0.05, 0) is 12.1 Å². The van der Waals surface area contributed by atoms with Crippen LogP contribution in [0.15, 0.2) is 18.2 Å². The van der Waals surface area contributed by atoms with Crippen LogP contribution in [0, 0.1) is 0 Å². The van der Waals surface area contributed by atoms with Gasteiger partial charge in [0.2, 0.25) is 5.78 Å². The van der Waals surface area contributed by atoms with Crippen molar-refractivity contribution in [3.8, 4) is 11.5 Å². The molecule has 0 bridgehead atoms. The van der Waals surface area contributed by atoms with Gasteiger partial charge in [-0.3, -0.25) is 9.59 Å². The van der Waals surface area contributed by atoms with Gasteiger partial charge in [0, 0.05) is 19.2 Å². The summed E-state index contributed by atoms with van der Waals surface area (Å²) in [4.78, 5) is 22.3. The lowest BCUT2D eigenvalue weighted by Gasteiger charge is -2.41. The molecular formula is C13H13NO5. The Morgan fingerprint density at radius 3 is 2.89 bits per heavy atom. The van der Waals surface area contributed by atoms with Gasteiger partial charge in [0.05, 0.1) is 12.0 Å². The van der Waals surface area contributed by atoms with Gasteiger partial charge in [0.1, 0.15) is 17.1 Å². The summed E-state index contributed by atoms with van der Waals surface area (Å²) in [5, 5.41) is 11.9. The lowest BCUT2D eigenvalue weighted by atomic mass is 9.92. The standard InChI is InChI=1S/C13H13NO5/c15-10-5-18-11-3-8(1-2-9(10)11)19-13(4-12(16)17)6-14-7-13/h1-3,14H,4-7H2,(H,16,17). The third-order valence-electron chi connectivity index (χ3n) is 3.31. The van der Waals surface area contributed by atoms with Gasteiger partial charge in [-0.2, -0.15) is 0 Å². The second-order valence-electron chi connectivity index (χ2n) is 4.83. The number of rotatable bonds is 4. The Morgan fingerprint density at radius 2 is 2.26 bits per heavy atom. The first-order valence-electron chi connectivity index (χ1n) is 6.00. The number of carbonyl (C=O) groups excluding carboxylic acids is 1. The average molecular weight is 263 g/mol. The Bertz CT molecular complexity index is 550. The van der Waals surface area contributed by atoms with Gasteiger partial charge in [-0.1, -0.05) is 0 Å². The van der Waals surface area contributed by atoms with Crippen LogP contribution in [0.1, 0.15) is 16.8 Å². The minimum atomic E-state index is -0.894. The summed E-state index contributed by atoms with van der Waals surface area (Å²) in [6.45, 7) is 1.05. The van der Waals surface area contributed by atoms with Crippen LogP contribution in [0.4, 0.5) is 0 Å². The van der Waals surface area contributed by atoms with Crippen molar-refractivity contribution in [3.05, 3.63) is 23.8 Å². The summed E-state index contributed by atoms with van der Waals surface area (Å²) < 4.78 is 11.0. The largest absolute Gasteiger partial charge is 0.485 e. The summed E-state index contributed by atoms with van der Waals surface area (Å²) in [6.07, 6.45) is -0.0587. The summed E-state index contributed by atoms with van der Waals surface area (Å²) >= 11 is 0. The number of ether oxygens (including phenoxy) is 2. The van der Waals surface area contributed by atoms with Crippen molar-refractivity contribution >= 4 is 11.8 Å². The summed E-state index contributed by atoms with van der Waals surface area (Å²) in [5.74, 6) is 0.0812. The molecule has 6 nitrogen and oxygen atoms in total. The van der Waals surface area contributed by atoms with E-state index in [1.54, 1.807) is 18.2 Å². The maximum atomic E-state index is 11.4. The van der Waals surface area contributed by atoms with Crippen molar-refractivity contribution in [1.82, 2.24) is 5.32 Å². The van der Waals surface area contributed by atoms with Crippen LogP contribution < -0.4 is 14.8 Å². The molecule has 2 aliphatic heterocycles.